The molecule has 33 heavy (non-hydrogen) atoms. The van der Waals surface area contributed by atoms with Gasteiger partial charge in [-0.3, -0.25) is 19.3 Å². The minimum absolute atomic E-state index is 0.115. The average Bonchev–Trinajstić information content (AvgIpc) is 3.48. The highest BCUT2D eigenvalue weighted by atomic mass is 16.5. The van der Waals surface area contributed by atoms with Crippen molar-refractivity contribution in [1.82, 2.24) is 0 Å². The summed E-state index contributed by atoms with van der Waals surface area (Å²) in [7, 11) is 0. The number of rotatable bonds is 5. The van der Waals surface area contributed by atoms with Crippen molar-refractivity contribution in [2.45, 2.75) is 33.1 Å². The lowest BCUT2D eigenvalue weighted by atomic mass is 9.81. The fourth-order valence-electron chi connectivity index (χ4n) is 5.64. The number of nitrogens with one attached hydrogen (secondary N) is 1. The van der Waals surface area contributed by atoms with Crippen molar-refractivity contribution in [1.29, 1.82) is 0 Å². The third-order valence-electron chi connectivity index (χ3n) is 7.41. The molecule has 2 aliphatic carbocycles. The molecule has 0 radical (unpaired) electrons. The number of amides is 3. The van der Waals surface area contributed by atoms with Crippen LogP contribution in [0.25, 0.3) is 0 Å². The summed E-state index contributed by atoms with van der Waals surface area (Å²) >= 11 is 0. The van der Waals surface area contributed by atoms with E-state index in [1.54, 1.807) is 18.2 Å². The average molecular weight is 447 g/mol. The highest BCUT2D eigenvalue weighted by Crippen LogP contribution is 2.56. The largest absolute Gasteiger partial charge is 0.452 e. The molecule has 2 aromatic rings. The van der Waals surface area contributed by atoms with Crippen molar-refractivity contribution in [3.63, 3.8) is 0 Å². The smallest absolute Gasteiger partial charge is 0.338 e. The van der Waals surface area contributed by atoms with E-state index in [4.69, 9.17) is 4.74 Å². The number of hydrogen-bond donors (Lipinski definition) is 1. The Balaban J connectivity index is 1.19. The molecule has 0 spiro atoms. The Kier molecular flexibility index (Phi) is 5.27. The second-order valence-corrected chi connectivity index (χ2v) is 9.37. The van der Waals surface area contributed by atoms with Gasteiger partial charge < -0.3 is 10.1 Å². The molecule has 3 fully saturated rings. The van der Waals surface area contributed by atoms with Gasteiger partial charge in [0.1, 0.15) is 0 Å². The van der Waals surface area contributed by atoms with Crippen LogP contribution >= 0.6 is 0 Å². The van der Waals surface area contributed by atoms with E-state index >= 15 is 0 Å². The van der Waals surface area contributed by atoms with Gasteiger partial charge in [-0.1, -0.05) is 6.07 Å². The topological polar surface area (TPSA) is 92.8 Å². The molecule has 5 rings (SSSR count). The summed E-state index contributed by atoms with van der Waals surface area (Å²) in [6, 6.07) is 11.8. The molecule has 2 bridgehead atoms. The third kappa shape index (κ3) is 3.71. The van der Waals surface area contributed by atoms with Crippen molar-refractivity contribution in [3.8, 4) is 0 Å². The van der Waals surface area contributed by atoms with Crippen LogP contribution in [-0.2, 0) is 19.1 Å². The molecule has 7 heteroatoms. The second-order valence-electron chi connectivity index (χ2n) is 9.37. The SMILES string of the molecule is Cc1ccc(NC(=O)COC(=O)c2ccc(N3C(=O)[C@@H]4[C@H]5CC[C@@H](C5)[C@@H]4C3=O)cc2)cc1C. The molecule has 2 saturated carbocycles. The number of ether oxygens (including phenoxy) is 1. The number of imide groups is 1. The molecule has 1 saturated heterocycles. The lowest BCUT2D eigenvalue weighted by Gasteiger charge is -2.19. The van der Waals surface area contributed by atoms with Gasteiger partial charge in [0.15, 0.2) is 6.61 Å². The Morgan fingerprint density at radius 3 is 2.18 bits per heavy atom. The first-order valence-corrected chi connectivity index (χ1v) is 11.4. The van der Waals surface area contributed by atoms with E-state index < -0.39 is 18.5 Å². The normalized spacial score (nSPS) is 25.3. The van der Waals surface area contributed by atoms with Gasteiger partial charge in [-0.05, 0) is 92.5 Å². The Morgan fingerprint density at radius 2 is 1.58 bits per heavy atom. The van der Waals surface area contributed by atoms with Crippen molar-refractivity contribution >= 4 is 35.1 Å². The second kappa shape index (κ2) is 8.14. The Hall–Kier alpha value is -3.48. The van der Waals surface area contributed by atoms with Gasteiger partial charge in [0.25, 0.3) is 5.91 Å². The van der Waals surface area contributed by atoms with E-state index in [9.17, 15) is 19.2 Å². The summed E-state index contributed by atoms with van der Waals surface area (Å²) in [5.74, 6) is -1.03. The van der Waals surface area contributed by atoms with Crippen LogP contribution in [0.3, 0.4) is 0 Å². The quantitative estimate of drug-likeness (QED) is 0.559. The van der Waals surface area contributed by atoms with Crippen LogP contribution < -0.4 is 10.2 Å². The first-order chi connectivity index (χ1) is 15.8. The summed E-state index contributed by atoms with van der Waals surface area (Å²) in [5.41, 5.74) is 3.54. The van der Waals surface area contributed by atoms with E-state index in [-0.39, 0.29) is 29.2 Å². The predicted molar refractivity (Wildman–Crippen MR) is 122 cm³/mol. The molecule has 1 aliphatic heterocycles. The predicted octanol–water partition coefficient (Wildman–Crippen LogP) is 3.63. The van der Waals surface area contributed by atoms with Crippen molar-refractivity contribution < 1.29 is 23.9 Å². The number of aryl methyl sites for hydroxylation is 2. The summed E-state index contributed by atoms with van der Waals surface area (Å²) < 4.78 is 5.12. The highest BCUT2D eigenvalue weighted by molar-refractivity contribution is 6.22. The molecular formula is C26H26N2O5. The summed E-state index contributed by atoms with van der Waals surface area (Å²) in [5, 5.41) is 2.71. The minimum atomic E-state index is -0.647. The number of benzene rings is 2. The summed E-state index contributed by atoms with van der Waals surface area (Å²) in [6.07, 6.45) is 3.05. The van der Waals surface area contributed by atoms with Crippen LogP contribution in [0.15, 0.2) is 42.5 Å². The standard InChI is InChI=1S/C26H26N2O5/c1-14-3-8-19(11-15(14)2)27-21(29)13-33-26(32)16-6-9-20(10-7-16)28-24(30)22-17-4-5-18(12-17)23(22)25(28)31/h3,6-11,17-18,22-23H,4-5,12-13H2,1-2H3,(H,27,29)/t17-,18-,22-,23+/m0/s1. The monoisotopic (exact) mass is 446 g/mol. The van der Waals surface area contributed by atoms with Gasteiger partial charge in [-0.25, -0.2) is 4.79 Å². The Labute approximate surface area is 192 Å². The Bertz CT molecular complexity index is 1130. The maximum atomic E-state index is 12.9. The van der Waals surface area contributed by atoms with Crippen LogP contribution in [0.4, 0.5) is 11.4 Å². The lowest BCUT2D eigenvalue weighted by Crippen LogP contribution is -2.32. The first kappa shape index (κ1) is 21.4. The van der Waals surface area contributed by atoms with Gasteiger partial charge in [0.2, 0.25) is 11.8 Å². The van der Waals surface area contributed by atoms with Crippen molar-refractivity contribution in [2.75, 3.05) is 16.8 Å². The fourth-order valence-corrected chi connectivity index (χ4v) is 5.64. The molecule has 7 nitrogen and oxygen atoms in total. The molecule has 0 aromatic heterocycles. The minimum Gasteiger partial charge on any atom is -0.452 e. The molecule has 1 N–H and O–H groups in total. The number of fused-ring (bicyclic) bond motifs is 5. The molecule has 170 valence electrons. The number of hydrogen-bond acceptors (Lipinski definition) is 5. The first-order valence-electron chi connectivity index (χ1n) is 11.4. The third-order valence-corrected chi connectivity index (χ3v) is 7.41. The summed E-state index contributed by atoms with van der Waals surface area (Å²) in [6.45, 7) is 3.52. The van der Waals surface area contributed by atoms with E-state index in [2.05, 4.69) is 5.32 Å². The zero-order valence-electron chi connectivity index (χ0n) is 18.7. The fraction of sp³-hybridized carbons (Fsp3) is 0.385. The molecular weight excluding hydrogens is 420 g/mol. The number of anilines is 2. The molecule has 1 heterocycles. The molecule has 3 amide bonds. The lowest BCUT2D eigenvalue weighted by molar-refractivity contribution is -0.123. The van der Waals surface area contributed by atoms with Crippen LogP contribution in [0, 0.1) is 37.5 Å². The van der Waals surface area contributed by atoms with E-state index in [1.807, 2.05) is 26.0 Å². The maximum absolute atomic E-state index is 12.9. The van der Waals surface area contributed by atoms with Crippen LogP contribution in [-0.4, -0.2) is 30.3 Å². The van der Waals surface area contributed by atoms with Gasteiger partial charge >= 0.3 is 5.97 Å². The van der Waals surface area contributed by atoms with Gasteiger partial charge in [-0.2, -0.15) is 0 Å². The Morgan fingerprint density at radius 1 is 0.939 bits per heavy atom. The van der Waals surface area contributed by atoms with E-state index in [0.717, 1.165) is 30.4 Å². The van der Waals surface area contributed by atoms with Crippen molar-refractivity contribution in [3.05, 3.63) is 59.2 Å². The van der Waals surface area contributed by atoms with E-state index in [1.165, 1.54) is 17.0 Å². The van der Waals surface area contributed by atoms with Gasteiger partial charge in [-0.15, -0.1) is 0 Å². The van der Waals surface area contributed by atoms with Gasteiger partial charge in [0.05, 0.1) is 23.1 Å². The maximum Gasteiger partial charge on any atom is 0.338 e. The number of carbonyl (C=O) groups is 4. The molecule has 3 aliphatic rings. The van der Waals surface area contributed by atoms with E-state index in [0.29, 0.717) is 23.2 Å². The molecule has 0 unspecified atom stereocenters. The van der Waals surface area contributed by atoms with Crippen LogP contribution in [0.1, 0.15) is 40.7 Å². The van der Waals surface area contributed by atoms with Crippen LogP contribution in [0.5, 0.6) is 0 Å². The number of carbonyl (C=O) groups excluding carboxylic acids is 4. The molecule has 2 aromatic carbocycles. The highest BCUT2D eigenvalue weighted by Gasteiger charge is 2.61. The number of nitrogens with zero attached hydrogens (tertiary/aromatic N) is 1. The van der Waals surface area contributed by atoms with Crippen LogP contribution in [0.2, 0.25) is 0 Å². The zero-order chi connectivity index (χ0) is 23.3. The summed E-state index contributed by atoms with van der Waals surface area (Å²) in [4.78, 5) is 51.7. The van der Waals surface area contributed by atoms with Crippen molar-refractivity contribution in [2.24, 2.45) is 23.7 Å². The number of esters is 1. The zero-order valence-corrected chi connectivity index (χ0v) is 18.7. The molecule has 4 atom stereocenters. The van der Waals surface area contributed by atoms with Gasteiger partial charge in [0, 0.05) is 5.69 Å².